The molecule has 132 valence electrons. The number of benzene rings is 3. The first-order chi connectivity index (χ1) is 12.5. The maximum Gasteiger partial charge on any atom is 0.208 e. The van der Waals surface area contributed by atoms with Crippen LogP contribution in [-0.2, 0) is 0 Å². The van der Waals surface area contributed by atoms with Gasteiger partial charge in [0, 0.05) is 11.1 Å². The molecule has 3 rings (SSSR count). The molecule has 0 radical (unpaired) electrons. The number of aryl methyl sites for hydroxylation is 3. The van der Waals surface area contributed by atoms with Crippen LogP contribution in [0, 0.1) is 20.8 Å². The Kier molecular flexibility index (Phi) is 5.54. The van der Waals surface area contributed by atoms with Gasteiger partial charge < -0.3 is 4.74 Å². The zero-order chi connectivity index (χ0) is 18.7. The summed E-state index contributed by atoms with van der Waals surface area (Å²) in [6.45, 7) is 6.01. The summed E-state index contributed by atoms with van der Waals surface area (Å²) in [6.07, 6.45) is -0.674. The molecule has 0 amide bonds. The molecule has 3 aromatic rings. The maximum absolute atomic E-state index is 13.4. The first-order valence-electron chi connectivity index (χ1n) is 8.65. The molecule has 0 N–H and O–H groups in total. The molecular formula is C23H23O2P. The molecule has 2 atom stereocenters. The number of ketones is 1. The van der Waals surface area contributed by atoms with Crippen molar-refractivity contribution in [1.82, 2.24) is 0 Å². The lowest BCUT2D eigenvalue weighted by atomic mass is 9.91. The first-order valence-corrected chi connectivity index (χ1v) is 9.22. The van der Waals surface area contributed by atoms with Crippen LogP contribution in [0.4, 0.5) is 0 Å². The van der Waals surface area contributed by atoms with Gasteiger partial charge in [-0.15, -0.1) is 9.24 Å². The van der Waals surface area contributed by atoms with Gasteiger partial charge in [0.25, 0.3) is 0 Å². The topological polar surface area (TPSA) is 26.3 Å². The van der Waals surface area contributed by atoms with E-state index in [4.69, 9.17) is 4.74 Å². The zero-order valence-corrected chi connectivity index (χ0v) is 16.5. The highest BCUT2D eigenvalue weighted by Crippen LogP contribution is 2.28. The summed E-state index contributed by atoms with van der Waals surface area (Å²) in [5.41, 5.74) is 4.72. The fourth-order valence-corrected chi connectivity index (χ4v) is 3.48. The van der Waals surface area contributed by atoms with Gasteiger partial charge in [0.05, 0.1) is 0 Å². The highest BCUT2D eigenvalue weighted by molar-refractivity contribution is 7.27. The molecule has 0 spiro atoms. The molecular weight excluding hydrogens is 339 g/mol. The quantitative estimate of drug-likeness (QED) is 0.465. The van der Waals surface area contributed by atoms with E-state index in [1.165, 1.54) is 0 Å². The summed E-state index contributed by atoms with van der Waals surface area (Å²) < 4.78 is 6.15. The van der Waals surface area contributed by atoms with Crippen LogP contribution in [0.1, 0.15) is 38.7 Å². The molecule has 3 heteroatoms. The lowest BCUT2D eigenvalue weighted by molar-refractivity contribution is 0.0791. The van der Waals surface area contributed by atoms with E-state index in [0.29, 0.717) is 5.75 Å². The molecule has 0 bridgehead atoms. The molecule has 2 nitrogen and oxygen atoms in total. The molecule has 3 aromatic carbocycles. The van der Waals surface area contributed by atoms with Gasteiger partial charge in [-0.1, -0.05) is 60.2 Å². The van der Waals surface area contributed by atoms with Gasteiger partial charge in [-0.25, -0.2) is 0 Å². The van der Waals surface area contributed by atoms with Crippen molar-refractivity contribution in [2.45, 2.75) is 26.9 Å². The number of rotatable bonds is 5. The van der Waals surface area contributed by atoms with E-state index in [0.717, 1.165) is 33.1 Å². The van der Waals surface area contributed by atoms with Crippen LogP contribution in [0.3, 0.4) is 0 Å². The Morgan fingerprint density at radius 1 is 0.885 bits per heavy atom. The van der Waals surface area contributed by atoms with Crippen molar-refractivity contribution in [3.8, 4) is 5.75 Å². The summed E-state index contributed by atoms with van der Waals surface area (Å²) in [6, 6.07) is 21.5. The molecule has 26 heavy (non-hydrogen) atoms. The first kappa shape index (κ1) is 18.4. The third kappa shape index (κ3) is 4.03. The molecule has 0 aliphatic carbocycles. The van der Waals surface area contributed by atoms with Crippen molar-refractivity contribution in [1.29, 1.82) is 0 Å². The van der Waals surface area contributed by atoms with Gasteiger partial charge in [0.15, 0.2) is 6.10 Å². The molecule has 0 aromatic heterocycles. The molecule has 2 unspecified atom stereocenters. The smallest absolute Gasteiger partial charge is 0.208 e. The average Bonchev–Trinajstić information content (AvgIpc) is 2.61. The van der Waals surface area contributed by atoms with Crippen LogP contribution in [-0.4, -0.2) is 5.78 Å². The minimum Gasteiger partial charge on any atom is -0.478 e. The molecule has 0 saturated carbocycles. The highest BCUT2D eigenvalue weighted by Gasteiger charge is 2.26. The van der Waals surface area contributed by atoms with Crippen molar-refractivity contribution in [3.05, 3.63) is 94.5 Å². The number of hydrogen-bond donors (Lipinski definition) is 0. The maximum atomic E-state index is 13.4. The summed E-state index contributed by atoms with van der Waals surface area (Å²) in [5.74, 6) is 0.668. The minimum absolute atomic E-state index is 0.0128. The van der Waals surface area contributed by atoms with Crippen LogP contribution in [0.15, 0.2) is 66.7 Å². The lowest BCUT2D eigenvalue weighted by Crippen LogP contribution is -2.21. The number of carbonyl (C=O) groups is 1. The van der Waals surface area contributed by atoms with E-state index in [2.05, 4.69) is 9.24 Å². The Bertz CT molecular complexity index is 892. The van der Waals surface area contributed by atoms with Gasteiger partial charge in [-0.05, 0) is 49.3 Å². The summed E-state index contributed by atoms with van der Waals surface area (Å²) in [4.78, 5) is 13.4. The number of hydrogen-bond acceptors (Lipinski definition) is 2. The van der Waals surface area contributed by atoms with E-state index >= 15 is 0 Å². The van der Waals surface area contributed by atoms with Crippen LogP contribution >= 0.6 is 9.24 Å². The Morgan fingerprint density at radius 3 is 2.04 bits per heavy atom. The van der Waals surface area contributed by atoms with E-state index in [-0.39, 0.29) is 5.78 Å². The van der Waals surface area contributed by atoms with Gasteiger partial charge in [-0.2, -0.15) is 0 Å². The van der Waals surface area contributed by atoms with Gasteiger partial charge in [0.1, 0.15) is 5.75 Å². The Balaban J connectivity index is 2.03. The third-order valence-electron chi connectivity index (χ3n) is 4.40. The number of Topliss-reactive ketones (excluding diaryl/α,β-unsaturated/α-hetero) is 1. The summed E-state index contributed by atoms with van der Waals surface area (Å²) in [5, 5.41) is 1.07. The van der Waals surface area contributed by atoms with Gasteiger partial charge >= 0.3 is 0 Å². The van der Waals surface area contributed by atoms with Crippen molar-refractivity contribution in [3.63, 3.8) is 0 Å². The second kappa shape index (κ2) is 7.85. The molecule has 0 heterocycles. The van der Waals surface area contributed by atoms with Crippen molar-refractivity contribution < 1.29 is 9.53 Å². The standard InChI is InChI=1S/C23H23O2P/c1-15-13-16(2)21(17(3)14-15)22(24)23(18-7-5-4-6-8-18)25-19-9-11-20(26)12-10-19/h4-14,23H,26H2,1-3H3. The predicted molar refractivity (Wildman–Crippen MR) is 111 cm³/mol. The number of carbonyl (C=O) groups excluding carboxylic acids is 1. The second-order valence-electron chi connectivity index (χ2n) is 6.62. The fourth-order valence-electron chi connectivity index (χ4n) is 3.28. The monoisotopic (exact) mass is 362 g/mol. The van der Waals surface area contributed by atoms with E-state index in [1.807, 2.05) is 87.5 Å². The van der Waals surface area contributed by atoms with E-state index in [9.17, 15) is 4.79 Å². The van der Waals surface area contributed by atoms with E-state index in [1.54, 1.807) is 0 Å². The molecule has 0 saturated heterocycles. The van der Waals surface area contributed by atoms with Crippen molar-refractivity contribution in [2.75, 3.05) is 0 Å². The summed E-state index contributed by atoms with van der Waals surface area (Å²) >= 11 is 0. The Labute approximate surface area is 157 Å². The normalized spacial score (nSPS) is 11.8. The SMILES string of the molecule is Cc1cc(C)c(C(=O)C(Oc2ccc(P)cc2)c2ccccc2)c(C)c1. The fraction of sp³-hybridized carbons (Fsp3) is 0.174. The Hall–Kier alpha value is -2.44. The van der Waals surface area contributed by atoms with Crippen LogP contribution < -0.4 is 10.0 Å². The summed E-state index contributed by atoms with van der Waals surface area (Å²) in [7, 11) is 2.65. The van der Waals surface area contributed by atoms with Crippen LogP contribution in [0.5, 0.6) is 5.75 Å². The molecule has 0 aliphatic heterocycles. The third-order valence-corrected chi connectivity index (χ3v) is 4.78. The predicted octanol–water partition coefficient (Wildman–Crippen LogP) is 5.12. The average molecular weight is 362 g/mol. The number of ether oxygens (including phenoxy) is 1. The van der Waals surface area contributed by atoms with Crippen LogP contribution in [0.25, 0.3) is 0 Å². The van der Waals surface area contributed by atoms with Crippen molar-refractivity contribution in [2.24, 2.45) is 0 Å². The second-order valence-corrected chi connectivity index (χ2v) is 7.28. The highest BCUT2D eigenvalue weighted by atomic mass is 31.0. The van der Waals surface area contributed by atoms with Crippen LogP contribution in [0.2, 0.25) is 0 Å². The van der Waals surface area contributed by atoms with Gasteiger partial charge in [0.2, 0.25) is 5.78 Å². The largest absolute Gasteiger partial charge is 0.478 e. The molecule has 0 fully saturated rings. The van der Waals surface area contributed by atoms with Gasteiger partial charge in [-0.3, -0.25) is 4.79 Å². The minimum atomic E-state index is -0.674. The molecule has 0 aliphatic rings. The lowest BCUT2D eigenvalue weighted by Gasteiger charge is -2.21. The van der Waals surface area contributed by atoms with E-state index < -0.39 is 6.10 Å². The Morgan fingerprint density at radius 2 is 1.46 bits per heavy atom. The zero-order valence-electron chi connectivity index (χ0n) is 15.3. The van der Waals surface area contributed by atoms with Crippen molar-refractivity contribution >= 4 is 20.3 Å².